The van der Waals surface area contributed by atoms with E-state index in [1.165, 1.54) is 88.3 Å². The van der Waals surface area contributed by atoms with Gasteiger partial charge in [-0.25, -0.2) is 19.9 Å². The van der Waals surface area contributed by atoms with E-state index in [1.54, 1.807) is 0 Å². The molecule has 434 valence electrons. The maximum absolute atomic E-state index is 5.38. The molecule has 0 bridgehead atoms. The number of hydrogen-bond donors (Lipinski definition) is 0. The van der Waals surface area contributed by atoms with Crippen LogP contribution in [0.5, 0.6) is 0 Å². The van der Waals surface area contributed by atoms with Crippen LogP contribution in [0.15, 0.2) is 291 Å². The molecule has 0 radical (unpaired) electrons. The van der Waals surface area contributed by atoms with Crippen LogP contribution in [0.25, 0.3) is 156 Å². The van der Waals surface area contributed by atoms with E-state index < -0.39 is 0 Å². The number of para-hydroxylation sites is 2. The van der Waals surface area contributed by atoms with Crippen LogP contribution in [0.4, 0.5) is 0 Å². The minimum absolute atomic E-state index is 0.146. The van der Waals surface area contributed by atoms with Gasteiger partial charge in [-0.1, -0.05) is 240 Å². The molecule has 0 amide bonds. The van der Waals surface area contributed by atoms with Crippen LogP contribution in [-0.4, -0.2) is 29.1 Å². The van der Waals surface area contributed by atoms with Gasteiger partial charge in [0.1, 0.15) is 0 Å². The lowest BCUT2D eigenvalue weighted by Gasteiger charge is -2.22. The van der Waals surface area contributed by atoms with E-state index in [0.717, 1.165) is 78.2 Å². The molecule has 18 rings (SSSR count). The van der Waals surface area contributed by atoms with Gasteiger partial charge in [-0.2, -0.15) is 0 Å². The van der Waals surface area contributed by atoms with Gasteiger partial charge in [-0.15, -0.1) is 0 Å². The number of rotatable bonds is 9. The first-order valence-electron chi connectivity index (χ1n) is 31.8. The van der Waals surface area contributed by atoms with Gasteiger partial charge in [0, 0.05) is 66.5 Å². The van der Waals surface area contributed by atoms with Crippen LogP contribution in [0.1, 0.15) is 49.9 Å². The molecule has 2 aliphatic rings. The summed E-state index contributed by atoms with van der Waals surface area (Å²) in [4.78, 5) is 20.8. The second-order valence-corrected chi connectivity index (χ2v) is 25.8. The highest BCUT2D eigenvalue weighted by atomic mass is 15.2. The van der Waals surface area contributed by atoms with E-state index in [4.69, 9.17) is 19.9 Å². The van der Waals surface area contributed by atoms with Crippen molar-refractivity contribution < 1.29 is 0 Å². The molecule has 0 spiro atoms. The highest BCUT2D eigenvalue weighted by Crippen LogP contribution is 2.54. The Morgan fingerprint density at radius 2 is 0.761 bits per heavy atom. The fourth-order valence-electron chi connectivity index (χ4n) is 15.2. The second-order valence-electron chi connectivity index (χ2n) is 25.8. The lowest BCUT2D eigenvalue weighted by Crippen LogP contribution is -2.15. The quantitative estimate of drug-likeness (QED) is 0.144. The second kappa shape index (κ2) is 20.5. The van der Waals surface area contributed by atoms with Crippen molar-refractivity contribution in [1.82, 2.24) is 29.1 Å². The van der Waals surface area contributed by atoms with E-state index in [-0.39, 0.29) is 10.8 Å². The zero-order valence-corrected chi connectivity index (χ0v) is 51.4. The Kier molecular flexibility index (Phi) is 11.9. The monoisotopic (exact) mass is 1180 g/mol. The largest absolute Gasteiger partial charge is 0.309 e. The normalized spacial score (nSPS) is 13.4. The van der Waals surface area contributed by atoms with E-state index in [9.17, 15) is 0 Å². The molecular weight excluding hydrogens is 1120 g/mol. The third-order valence-corrected chi connectivity index (χ3v) is 19.8. The first-order valence-corrected chi connectivity index (χ1v) is 31.8. The molecule has 2 aliphatic carbocycles. The highest BCUT2D eigenvalue weighted by Gasteiger charge is 2.38. The Morgan fingerprint density at radius 1 is 0.261 bits per heavy atom. The third kappa shape index (κ3) is 8.33. The molecule has 4 heterocycles. The maximum Gasteiger partial charge on any atom is 0.235 e. The molecule has 6 heteroatoms. The zero-order chi connectivity index (χ0) is 61.4. The predicted molar refractivity (Wildman–Crippen MR) is 379 cm³/mol. The molecule has 16 aromatic rings. The van der Waals surface area contributed by atoms with Crippen molar-refractivity contribution in [2.45, 2.75) is 38.5 Å². The number of aromatic nitrogens is 6. The maximum atomic E-state index is 5.38. The Bertz CT molecular complexity index is 5620. The summed E-state index contributed by atoms with van der Waals surface area (Å²) >= 11 is 0. The van der Waals surface area contributed by atoms with Crippen molar-refractivity contribution in [2.24, 2.45) is 0 Å². The van der Waals surface area contributed by atoms with Gasteiger partial charge < -0.3 is 4.57 Å². The first-order chi connectivity index (χ1) is 45.1. The molecule has 0 saturated carbocycles. The standard InChI is InChI=1S/C86H60N6/c1-85(2)72-32-17-14-29-63(72)68-48-71-65-31-16-19-34-80(65)92(82(71)51-74(68)85)84-87-44-43-76(90-84)57-37-35-54(36-38-57)66-46-58(53-21-8-5-9-22-53)39-41-62(66)59-40-42-73-67(47-59)69-49-70-64-30-15-18-33-79(64)91(81(70)50-75(69)86(73,3)4)61-28-20-27-60(45-61)83-88-77(55-23-10-6-11-24-55)52-78(89-83)56-25-12-7-13-26-56/h5-52H,1-4H3. The van der Waals surface area contributed by atoms with Gasteiger partial charge in [0.15, 0.2) is 5.82 Å². The summed E-state index contributed by atoms with van der Waals surface area (Å²) in [6.07, 6.45) is 1.90. The summed E-state index contributed by atoms with van der Waals surface area (Å²) < 4.78 is 4.69. The number of fused-ring (bicyclic) bond motifs is 12. The van der Waals surface area contributed by atoms with Gasteiger partial charge in [0.25, 0.3) is 0 Å². The van der Waals surface area contributed by atoms with Crippen molar-refractivity contribution in [3.05, 3.63) is 314 Å². The van der Waals surface area contributed by atoms with Gasteiger partial charge >= 0.3 is 0 Å². The molecule has 12 aromatic carbocycles. The molecule has 0 unspecified atom stereocenters. The predicted octanol–water partition coefficient (Wildman–Crippen LogP) is 21.7. The minimum atomic E-state index is -0.276. The summed E-state index contributed by atoms with van der Waals surface area (Å²) in [5.74, 6) is 1.33. The summed E-state index contributed by atoms with van der Waals surface area (Å²) in [5, 5.41) is 4.81. The smallest absolute Gasteiger partial charge is 0.235 e. The van der Waals surface area contributed by atoms with Gasteiger partial charge in [-0.05, 0) is 151 Å². The molecule has 6 nitrogen and oxygen atoms in total. The molecule has 0 aliphatic heterocycles. The summed E-state index contributed by atoms with van der Waals surface area (Å²) in [5.41, 5.74) is 29.3. The number of nitrogens with zero attached hydrogens (tertiary/aromatic N) is 6. The lowest BCUT2D eigenvalue weighted by molar-refractivity contribution is 0.661. The average molecular weight is 1180 g/mol. The fourth-order valence-corrected chi connectivity index (χ4v) is 15.2. The third-order valence-electron chi connectivity index (χ3n) is 19.8. The summed E-state index contributed by atoms with van der Waals surface area (Å²) in [7, 11) is 0. The summed E-state index contributed by atoms with van der Waals surface area (Å²) in [6.45, 7) is 9.45. The average Bonchev–Trinajstić information content (AvgIpc) is 1.56. The van der Waals surface area contributed by atoms with Crippen LogP contribution in [0.3, 0.4) is 0 Å². The van der Waals surface area contributed by atoms with Crippen molar-refractivity contribution >= 4 is 43.6 Å². The number of hydrogen-bond acceptors (Lipinski definition) is 4. The van der Waals surface area contributed by atoms with Crippen LogP contribution < -0.4 is 0 Å². The van der Waals surface area contributed by atoms with Crippen molar-refractivity contribution in [3.8, 4) is 112 Å². The first kappa shape index (κ1) is 53.4. The molecule has 92 heavy (non-hydrogen) atoms. The number of benzene rings is 12. The van der Waals surface area contributed by atoms with Gasteiger partial charge in [-0.3, -0.25) is 4.57 Å². The van der Waals surface area contributed by atoms with Crippen LogP contribution in [0.2, 0.25) is 0 Å². The highest BCUT2D eigenvalue weighted by molar-refractivity contribution is 6.13. The van der Waals surface area contributed by atoms with Crippen LogP contribution >= 0.6 is 0 Å². The SMILES string of the molecule is CC1(C)c2ccc(-c3ccc(-c4ccccc4)cc3-c3ccc(-c4ccnc(-n5c6ccccc6c6cc7c(cc65)C(C)(C)c5ccccc5-7)n4)cc3)cc2-c2cc3c4ccccc4n(-c4cccc(-c5nc(-c6ccccc6)cc(-c6ccccc6)n5)c4)c3cc21. The van der Waals surface area contributed by atoms with E-state index in [1.807, 2.05) is 24.4 Å². The van der Waals surface area contributed by atoms with E-state index in [0.29, 0.717) is 11.8 Å². The van der Waals surface area contributed by atoms with Crippen molar-refractivity contribution in [2.75, 3.05) is 0 Å². The Morgan fingerprint density at radius 3 is 1.43 bits per heavy atom. The molecule has 4 aromatic heterocycles. The molecular formula is C86H60N6. The molecule has 0 saturated heterocycles. The van der Waals surface area contributed by atoms with Gasteiger partial charge in [0.2, 0.25) is 5.95 Å². The minimum Gasteiger partial charge on any atom is -0.309 e. The van der Waals surface area contributed by atoms with Crippen LogP contribution in [-0.2, 0) is 10.8 Å². The van der Waals surface area contributed by atoms with Gasteiger partial charge in [0.05, 0.1) is 39.1 Å². The van der Waals surface area contributed by atoms with E-state index >= 15 is 0 Å². The zero-order valence-electron chi connectivity index (χ0n) is 51.4. The Hall–Kier alpha value is -11.6. The van der Waals surface area contributed by atoms with Crippen molar-refractivity contribution in [3.63, 3.8) is 0 Å². The molecule has 0 atom stereocenters. The molecule has 0 fully saturated rings. The lowest BCUT2D eigenvalue weighted by atomic mass is 9.81. The Balaban J connectivity index is 0.725. The molecule has 0 N–H and O–H groups in total. The fraction of sp³-hybridized carbons (Fsp3) is 0.0698. The summed E-state index contributed by atoms with van der Waals surface area (Å²) in [6, 6.07) is 104. The topological polar surface area (TPSA) is 61.4 Å². The Labute approximate surface area is 534 Å². The van der Waals surface area contributed by atoms with Crippen molar-refractivity contribution in [1.29, 1.82) is 0 Å². The van der Waals surface area contributed by atoms with E-state index in [2.05, 4.69) is 304 Å². The van der Waals surface area contributed by atoms with Crippen LogP contribution in [0, 0.1) is 0 Å².